The van der Waals surface area contributed by atoms with Gasteiger partial charge in [0.2, 0.25) is 5.43 Å². The number of nitrogens with zero attached hydrogens (tertiary/aromatic N) is 2. The Morgan fingerprint density at radius 2 is 1.97 bits per heavy atom. The number of piperazine rings is 1. The zero-order valence-electron chi connectivity index (χ0n) is 21.6. The topological polar surface area (TPSA) is 101 Å². The Hall–Kier alpha value is -3.27. The van der Waals surface area contributed by atoms with Crippen LogP contribution in [-0.2, 0) is 11.2 Å². The summed E-state index contributed by atoms with van der Waals surface area (Å²) in [5, 5.41) is 12.9. The second-order valence-electron chi connectivity index (χ2n) is 10.6. The van der Waals surface area contributed by atoms with Crippen molar-refractivity contribution in [2.75, 3.05) is 19.6 Å². The molecule has 2 aliphatic rings. The SMILES string of the molecule is CCc1c(C(=O)O)c(=O)c2cc(F)c(F)c(C=CCC3CN(C(=O)OC(C)(C)C)CCN3)c2n1C1CC1. The Bertz CT molecular complexity index is 1320. The first-order chi connectivity index (χ1) is 17.4. The molecule has 1 aliphatic heterocycles. The van der Waals surface area contributed by atoms with Crippen molar-refractivity contribution in [3.63, 3.8) is 0 Å². The Balaban J connectivity index is 1.70. The minimum absolute atomic E-state index is 0.0736. The Kier molecular flexibility index (Phi) is 7.41. The van der Waals surface area contributed by atoms with E-state index in [0.717, 1.165) is 18.9 Å². The maximum absolute atomic E-state index is 15.2. The smallest absolute Gasteiger partial charge is 0.410 e. The number of carboxylic acids is 1. The molecule has 1 saturated carbocycles. The lowest BCUT2D eigenvalue weighted by atomic mass is 10.0. The van der Waals surface area contributed by atoms with Crippen molar-refractivity contribution in [2.24, 2.45) is 0 Å². The number of nitrogens with one attached hydrogen (secondary N) is 1. The molecule has 200 valence electrons. The van der Waals surface area contributed by atoms with Crippen LogP contribution >= 0.6 is 0 Å². The Morgan fingerprint density at radius 3 is 2.57 bits per heavy atom. The highest BCUT2D eigenvalue weighted by Crippen LogP contribution is 2.40. The van der Waals surface area contributed by atoms with Crippen LogP contribution in [0.25, 0.3) is 17.0 Å². The molecule has 10 heteroatoms. The molecule has 1 aromatic carbocycles. The molecular weight excluding hydrogens is 484 g/mol. The van der Waals surface area contributed by atoms with E-state index in [1.165, 1.54) is 6.08 Å². The second kappa shape index (κ2) is 10.2. The first-order valence-electron chi connectivity index (χ1n) is 12.6. The number of rotatable bonds is 6. The van der Waals surface area contributed by atoms with Crippen LogP contribution in [0, 0.1) is 11.6 Å². The number of aromatic nitrogens is 1. The van der Waals surface area contributed by atoms with Crippen molar-refractivity contribution in [3.05, 3.63) is 50.8 Å². The molecule has 1 aromatic heterocycles. The zero-order valence-corrected chi connectivity index (χ0v) is 21.6. The number of fused-ring (bicyclic) bond motifs is 1. The average Bonchev–Trinajstić information content (AvgIpc) is 3.65. The minimum Gasteiger partial charge on any atom is -0.477 e. The Labute approximate surface area is 213 Å². The summed E-state index contributed by atoms with van der Waals surface area (Å²) in [7, 11) is 0. The molecule has 1 unspecified atom stereocenters. The van der Waals surface area contributed by atoms with Crippen LogP contribution in [-0.4, -0.2) is 57.9 Å². The van der Waals surface area contributed by atoms with Gasteiger partial charge in [-0.25, -0.2) is 18.4 Å². The van der Waals surface area contributed by atoms with Gasteiger partial charge in [0.15, 0.2) is 11.6 Å². The molecule has 4 rings (SSSR count). The molecule has 1 saturated heterocycles. The average molecular weight is 518 g/mol. The predicted molar refractivity (Wildman–Crippen MR) is 136 cm³/mol. The number of aromatic carboxylic acids is 1. The molecule has 2 aromatic rings. The van der Waals surface area contributed by atoms with E-state index >= 15 is 4.39 Å². The van der Waals surface area contributed by atoms with Crippen molar-refractivity contribution in [1.82, 2.24) is 14.8 Å². The zero-order chi connectivity index (χ0) is 27.1. The first-order valence-corrected chi connectivity index (χ1v) is 12.6. The van der Waals surface area contributed by atoms with Gasteiger partial charge in [-0.05, 0) is 52.5 Å². The molecule has 2 fully saturated rings. The molecule has 1 aliphatic carbocycles. The van der Waals surface area contributed by atoms with Crippen molar-refractivity contribution >= 4 is 29.0 Å². The number of benzene rings is 1. The Morgan fingerprint density at radius 1 is 1.27 bits per heavy atom. The molecule has 37 heavy (non-hydrogen) atoms. The molecule has 0 bridgehead atoms. The molecule has 8 nitrogen and oxygen atoms in total. The van der Waals surface area contributed by atoms with Gasteiger partial charge in [0.1, 0.15) is 11.2 Å². The standard InChI is InChI=1S/C27H33F2N3O5/c1-5-20-21(25(34)35)24(33)18-13-19(28)22(29)17(23(18)32(20)16-9-10-16)8-6-7-15-14-31(12-11-30-15)26(36)37-27(2,3)4/h6,8,13,15-16,30H,5,7,9-12,14H2,1-4H3,(H,34,35). The van der Waals surface area contributed by atoms with Crippen molar-refractivity contribution in [3.8, 4) is 0 Å². The van der Waals surface area contributed by atoms with Crippen LogP contribution in [0.5, 0.6) is 0 Å². The van der Waals surface area contributed by atoms with E-state index in [-0.39, 0.29) is 35.0 Å². The highest BCUT2D eigenvalue weighted by atomic mass is 19.2. The van der Waals surface area contributed by atoms with Gasteiger partial charge in [-0.3, -0.25) is 4.79 Å². The van der Waals surface area contributed by atoms with Crippen molar-refractivity contribution in [1.29, 1.82) is 0 Å². The minimum atomic E-state index is -1.38. The number of amides is 1. The molecule has 1 amide bonds. The van der Waals surface area contributed by atoms with Crippen LogP contribution in [0.2, 0.25) is 0 Å². The quantitative estimate of drug-likeness (QED) is 0.586. The number of carbonyl (C=O) groups excluding carboxylic acids is 1. The number of hydrogen-bond donors (Lipinski definition) is 2. The van der Waals surface area contributed by atoms with Gasteiger partial charge in [0, 0.05) is 43.0 Å². The molecule has 1 atom stereocenters. The molecule has 0 spiro atoms. The summed E-state index contributed by atoms with van der Waals surface area (Å²) in [6.07, 6.45) is 4.94. The van der Waals surface area contributed by atoms with Crippen molar-refractivity contribution in [2.45, 2.75) is 71.1 Å². The molecule has 0 radical (unpaired) electrons. The number of hydrogen-bond acceptors (Lipinski definition) is 5. The van der Waals surface area contributed by atoms with Crippen LogP contribution in [0.4, 0.5) is 13.6 Å². The third-order valence-corrected chi connectivity index (χ3v) is 6.59. The van der Waals surface area contributed by atoms with Gasteiger partial charge in [-0.15, -0.1) is 0 Å². The van der Waals surface area contributed by atoms with Crippen LogP contribution in [0.1, 0.15) is 74.6 Å². The van der Waals surface area contributed by atoms with Gasteiger partial charge < -0.3 is 24.6 Å². The fourth-order valence-electron chi connectivity index (χ4n) is 4.87. The monoisotopic (exact) mass is 517 g/mol. The summed E-state index contributed by atoms with van der Waals surface area (Å²) in [5.41, 5.74) is -1.36. The molecule has 2 N–H and O–H groups in total. The largest absolute Gasteiger partial charge is 0.477 e. The molecular formula is C27H33F2N3O5. The van der Waals surface area contributed by atoms with Crippen LogP contribution in [0.15, 0.2) is 16.9 Å². The number of carboxylic acid groups (broad SMARTS) is 1. The highest BCUT2D eigenvalue weighted by Gasteiger charge is 2.33. The number of carbonyl (C=O) groups is 2. The summed E-state index contributed by atoms with van der Waals surface area (Å²) >= 11 is 0. The maximum atomic E-state index is 15.2. The summed E-state index contributed by atoms with van der Waals surface area (Å²) in [6, 6.07) is 0.600. The van der Waals surface area contributed by atoms with Gasteiger partial charge in [0.25, 0.3) is 0 Å². The molecule has 2 heterocycles. The van der Waals surface area contributed by atoms with Gasteiger partial charge in [-0.2, -0.15) is 0 Å². The van der Waals surface area contributed by atoms with Gasteiger partial charge in [0.05, 0.1) is 10.9 Å². The first kappa shape index (κ1) is 26.8. The highest BCUT2D eigenvalue weighted by molar-refractivity contribution is 5.97. The third kappa shape index (κ3) is 5.53. The van der Waals surface area contributed by atoms with E-state index in [0.29, 0.717) is 31.7 Å². The third-order valence-electron chi connectivity index (χ3n) is 6.59. The summed E-state index contributed by atoms with van der Waals surface area (Å²) in [4.78, 5) is 39.1. The summed E-state index contributed by atoms with van der Waals surface area (Å²) in [6.45, 7) is 8.60. The van der Waals surface area contributed by atoms with E-state index < -0.39 is 40.3 Å². The fraction of sp³-hybridized carbons (Fsp3) is 0.519. The van der Waals surface area contributed by atoms with Crippen molar-refractivity contribution < 1.29 is 28.2 Å². The van der Waals surface area contributed by atoms with Crippen LogP contribution in [0.3, 0.4) is 0 Å². The van der Waals surface area contributed by atoms with Gasteiger partial charge in [-0.1, -0.05) is 19.1 Å². The lowest BCUT2D eigenvalue weighted by Crippen LogP contribution is -2.53. The van der Waals surface area contributed by atoms with E-state index in [1.807, 2.05) is 0 Å². The van der Waals surface area contributed by atoms with Crippen LogP contribution < -0.4 is 10.7 Å². The van der Waals surface area contributed by atoms with E-state index in [4.69, 9.17) is 4.74 Å². The van der Waals surface area contributed by atoms with E-state index in [9.17, 15) is 23.9 Å². The number of pyridine rings is 1. The number of ether oxygens (including phenoxy) is 1. The normalized spacial score (nSPS) is 18.5. The van der Waals surface area contributed by atoms with Gasteiger partial charge >= 0.3 is 12.1 Å². The second-order valence-corrected chi connectivity index (χ2v) is 10.6. The fourth-order valence-corrected chi connectivity index (χ4v) is 4.87. The summed E-state index contributed by atoms with van der Waals surface area (Å²) in [5.74, 6) is -3.67. The number of halogens is 2. The lowest BCUT2D eigenvalue weighted by Gasteiger charge is -2.34. The van der Waals surface area contributed by atoms with E-state index in [1.54, 1.807) is 43.2 Å². The summed E-state index contributed by atoms with van der Waals surface area (Å²) < 4.78 is 37.0. The van der Waals surface area contributed by atoms with E-state index in [2.05, 4.69) is 5.32 Å². The lowest BCUT2D eigenvalue weighted by molar-refractivity contribution is 0.0196. The predicted octanol–water partition coefficient (Wildman–Crippen LogP) is 4.49. The maximum Gasteiger partial charge on any atom is 0.410 e.